The van der Waals surface area contributed by atoms with Gasteiger partial charge in [0.2, 0.25) is 0 Å². The zero-order valence-corrected chi connectivity index (χ0v) is 16.2. The van der Waals surface area contributed by atoms with Crippen LogP contribution in [-0.4, -0.2) is 21.8 Å². The van der Waals surface area contributed by atoms with Gasteiger partial charge in [-0.1, -0.05) is 85.0 Å². The van der Waals surface area contributed by atoms with E-state index in [4.69, 9.17) is 8.85 Å². The fraction of sp³-hybridized carbons (Fsp3) is 0.273. The van der Waals surface area contributed by atoms with Crippen LogP contribution in [0, 0.1) is 0 Å². The molecule has 25 heavy (non-hydrogen) atoms. The van der Waals surface area contributed by atoms with Crippen LogP contribution >= 0.6 is 0 Å². The van der Waals surface area contributed by atoms with Crippen molar-refractivity contribution in [2.75, 3.05) is 13.2 Å². The molecule has 0 fully saturated rings. The molecule has 0 aliphatic rings. The van der Waals surface area contributed by atoms with E-state index in [0.29, 0.717) is 13.2 Å². The Kier molecular flexibility index (Phi) is 8.39. The smallest absolute Gasteiger partial charge is 0.332 e. The third kappa shape index (κ3) is 8.63. The van der Waals surface area contributed by atoms with Gasteiger partial charge in [0.25, 0.3) is 0 Å². The highest BCUT2D eigenvalue weighted by Gasteiger charge is 2.23. The molecule has 0 saturated heterocycles. The van der Waals surface area contributed by atoms with Crippen molar-refractivity contribution in [1.82, 2.24) is 0 Å². The maximum atomic E-state index is 5.93. The van der Waals surface area contributed by atoms with Gasteiger partial charge in [-0.05, 0) is 37.1 Å². The van der Waals surface area contributed by atoms with Crippen LogP contribution < -0.4 is 0 Å². The highest BCUT2D eigenvalue weighted by Crippen LogP contribution is 2.07. The first-order valence-corrected chi connectivity index (χ1v) is 11.6. The second-order valence-corrected chi connectivity index (χ2v) is 9.72. The second kappa shape index (κ2) is 10.8. The average Bonchev–Trinajstić information content (AvgIpc) is 2.63. The Labute approximate surface area is 153 Å². The molecule has 0 aliphatic heterocycles. The minimum atomic E-state index is -2.06. The van der Waals surface area contributed by atoms with Crippen molar-refractivity contribution in [2.45, 2.75) is 25.9 Å². The number of allylic oxidation sites excluding steroid dienone is 2. The van der Waals surface area contributed by atoms with Gasteiger partial charge < -0.3 is 8.85 Å². The third-order valence-corrected chi connectivity index (χ3v) is 5.50. The van der Waals surface area contributed by atoms with Crippen LogP contribution in [0.3, 0.4) is 0 Å². The highest BCUT2D eigenvalue weighted by atomic mass is 28.4. The molecule has 0 unspecified atom stereocenters. The van der Waals surface area contributed by atoms with Crippen LogP contribution in [0.15, 0.2) is 85.0 Å². The maximum Gasteiger partial charge on any atom is 0.332 e. The first kappa shape index (κ1) is 19.4. The molecule has 132 valence electrons. The maximum absolute atomic E-state index is 5.93. The van der Waals surface area contributed by atoms with E-state index < -0.39 is 8.56 Å². The summed E-state index contributed by atoms with van der Waals surface area (Å²) in [4.78, 5) is 0. The fourth-order valence-electron chi connectivity index (χ4n) is 2.34. The first-order valence-electron chi connectivity index (χ1n) is 8.81. The molecular formula is C22H28O2Si. The van der Waals surface area contributed by atoms with Crippen molar-refractivity contribution in [2.24, 2.45) is 0 Å². The summed E-state index contributed by atoms with van der Waals surface area (Å²) in [5, 5.41) is 0. The Hall–Kier alpha value is -1.94. The molecule has 0 aliphatic carbocycles. The Bertz CT molecular complexity index is 591. The van der Waals surface area contributed by atoms with Gasteiger partial charge in [-0.15, -0.1) is 0 Å². The summed E-state index contributed by atoms with van der Waals surface area (Å²) in [5.41, 5.74) is 2.63. The van der Waals surface area contributed by atoms with Crippen molar-refractivity contribution in [3.05, 3.63) is 96.1 Å². The number of benzene rings is 2. The summed E-state index contributed by atoms with van der Waals surface area (Å²) in [6, 6.07) is 20.9. The van der Waals surface area contributed by atoms with E-state index in [9.17, 15) is 0 Å². The summed E-state index contributed by atoms with van der Waals surface area (Å²) in [6.45, 7) is 5.39. The molecule has 3 heteroatoms. The predicted octanol–water partition coefficient (Wildman–Crippen LogP) is 5.32. The van der Waals surface area contributed by atoms with Crippen LogP contribution in [0.5, 0.6) is 0 Å². The summed E-state index contributed by atoms with van der Waals surface area (Å²) >= 11 is 0. The monoisotopic (exact) mass is 352 g/mol. The van der Waals surface area contributed by atoms with Crippen LogP contribution in [0.1, 0.15) is 11.1 Å². The highest BCUT2D eigenvalue weighted by molar-refractivity contribution is 6.64. The molecule has 2 rings (SSSR count). The molecule has 0 radical (unpaired) electrons. The van der Waals surface area contributed by atoms with Gasteiger partial charge in [-0.2, -0.15) is 0 Å². The van der Waals surface area contributed by atoms with E-state index in [-0.39, 0.29) is 0 Å². The number of rotatable bonds is 10. The van der Waals surface area contributed by atoms with Crippen molar-refractivity contribution in [1.29, 1.82) is 0 Å². The van der Waals surface area contributed by atoms with Crippen LogP contribution in [-0.2, 0) is 21.7 Å². The van der Waals surface area contributed by atoms with Gasteiger partial charge in [-0.25, -0.2) is 0 Å². The SMILES string of the molecule is C[Si](C)(OCC=CCc1ccccc1)OCC=CCc1ccccc1. The van der Waals surface area contributed by atoms with E-state index in [1.54, 1.807) is 0 Å². The molecule has 0 atom stereocenters. The predicted molar refractivity (Wildman–Crippen MR) is 108 cm³/mol. The van der Waals surface area contributed by atoms with Crippen LogP contribution in [0.4, 0.5) is 0 Å². The second-order valence-electron chi connectivity index (χ2n) is 6.34. The van der Waals surface area contributed by atoms with Gasteiger partial charge in [0.1, 0.15) is 0 Å². The van der Waals surface area contributed by atoms with Gasteiger partial charge in [0, 0.05) is 0 Å². The molecule has 0 N–H and O–H groups in total. The number of hydrogen-bond acceptors (Lipinski definition) is 2. The summed E-state index contributed by atoms with van der Waals surface area (Å²) in [7, 11) is -2.06. The van der Waals surface area contributed by atoms with E-state index >= 15 is 0 Å². The lowest BCUT2D eigenvalue weighted by molar-refractivity contribution is 0.213. The standard InChI is InChI=1S/C22H28O2Si/c1-25(2,23-19-11-9-17-21-13-5-3-6-14-21)24-20-12-10-18-22-15-7-4-8-16-22/h3-16H,17-20H2,1-2H3. The lowest BCUT2D eigenvalue weighted by Crippen LogP contribution is -2.34. The van der Waals surface area contributed by atoms with Crippen LogP contribution in [0.25, 0.3) is 0 Å². The largest absolute Gasteiger partial charge is 0.391 e. The zero-order valence-electron chi connectivity index (χ0n) is 15.2. The summed E-state index contributed by atoms with van der Waals surface area (Å²) in [5.74, 6) is 0. The van der Waals surface area contributed by atoms with E-state index in [0.717, 1.165) is 12.8 Å². The quantitative estimate of drug-likeness (QED) is 0.425. The van der Waals surface area contributed by atoms with Crippen LogP contribution in [0.2, 0.25) is 13.1 Å². The molecule has 0 heterocycles. The topological polar surface area (TPSA) is 18.5 Å². The van der Waals surface area contributed by atoms with Gasteiger partial charge in [0.15, 0.2) is 0 Å². The molecule has 0 amide bonds. The van der Waals surface area contributed by atoms with Gasteiger partial charge in [0.05, 0.1) is 13.2 Å². The third-order valence-electron chi connectivity index (χ3n) is 3.78. The normalized spacial score (nSPS) is 12.2. The first-order chi connectivity index (χ1) is 12.2. The Morgan fingerprint density at radius 2 is 1.04 bits per heavy atom. The van der Waals surface area contributed by atoms with E-state index in [1.165, 1.54) is 11.1 Å². The minimum Gasteiger partial charge on any atom is -0.391 e. The molecule has 2 aromatic rings. The van der Waals surface area contributed by atoms with Gasteiger partial charge >= 0.3 is 8.56 Å². The molecule has 2 aromatic carbocycles. The summed E-state index contributed by atoms with van der Waals surface area (Å²) in [6.07, 6.45) is 10.3. The number of hydrogen-bond donors (Lipinski definition) is 0. The molecule has 0 saturated carbocycles. The molecule has 0 bridgehead atoms. The Morgan fingerprint density at radius 3 is 1.44 bits per heavy atom. The van der Waals surface area contributed by atoms with Crippen molar-refractivity contribution in [3.8, 4) is 0 Å². The van der Waals surface area contributed by atoms with E-state index in [2.05, 4.69) is 85.9 Å². The zero-order chi connectivity index (χ0) is 17.8. The van der Waals surface area contributed by atoms with E-state index in [1.807, 2.05) is 12.1 Å². The summed E-state index contributed by atoms with van der Waals surface area (Å²) < 4.78 is 11.9. The average molecular weight is 353 g/mol. The lowest BCUT2D eigenvalue weighted by atomic mass is 10.1. The van der Waals surface area contributed by atoms with Crippen molar-refractivity contribution >= 4 is 8.56 Å². The molecule has 2 nitrogen and oxygen atoms in total. The lowest BCUT2D eigenvalue weighted by Gasteiger charge is -2.21. The molecule has 0 spiro atoms. The minimum absolute atomic E-state index is 0.611. The van der Waals surface area contributed by atoms with Gasteiger partial charge in [-0.3, -0.25) is 0 Å². The molecular weight excluding hydrogens is 324 g/mol. The van der Waals surface area contributed by atoms with Crippen molar-refractivity contribution in [3.63, 3.8) is 0 Å². The fourth-order valence-corrected chi connectivity index (χ4v) is 3.42. The molecule has 0 aromatic heterocycles. The Balaban J connectivity index is 1.60. The van der Waals surface area contributed by atoms with Crippen molar-refractivity contribution < 1.29 is 8.85 Å². The Morgan fingerprint density at radius 1 is 0.640 bits per heavy atom.